The average molecular weight is 355 g/mol. The summed E-state index contributed by atoms with van der Waals surface area (Å²) >= 11 is 17.7. The molecule has 7 heteroatoms. The number of rotatable bonds is 4. The van der Waals surface area contributed by atoms with Crippen molar-refractivity contribution in [2.45, 2.75) is 6.42 Å². The van der Waals surface area contributed by atoms with Gasteiger partial charge in [0.15, 0.2) is 0 Å². The summed E-state index contributed by atoms with van der Waals surface area (Å²) in [5, 5.41) is 12.6. The van der Waals surface area contributed by atoms with E-state index in [0.29, 0.717) is 33.1 Å². The molecule has 1 heterocycles. The van der Waals surface area contributed by atoms with Crippen molar-refractivity contribution in [1.29, 1.82) is 0 Å². The zero-order valence-corrected chi connectivity index (χ0v) is 13.5. The Balaban J connectivity index is 1.72. The van der Waals surface area contributed by atoms with E-state index in [-0.39, 0.29) is 6.01 Å². The van der Waals surface area contributed by atoms with Crippen LogP contribution in [0.4, 0.5) is 11.7 Å². The molecule has 0 aliphatic rings. The smallest absolute Gasteiger partial charge is 0.320 e. The van der Waals surface area contributed by atoms with Crippen LogP contribution in [0.25, 0.3) is 0 Å². The van der Waals surface area contributed by atoms with Crippen molar-refractivity contribution in [3.8, 4) is 0 Å². The molecule has 0 bridgehead atoms. The summed E-state index contributed by atoms with van der Waals surface area (Å²) < 4.78 is 5.55. The Hall–Kier alpha value is -1.75. The highest BCUT2D eigenvalue weighted by Gasteiger charge is 2.08. The first kappa shape index (κ1) is 15.2. The maximum absolute atomic E-state index is 5.94. The van der Waals surface area contributed by atoms with Crippen LogP contribution in [-0.4, -0.2) is 10.2 Å². The summed E-state index contributed by atoms with van der Waals surface area (Å²) in [6.07, 6.45) is 0.530. The lowest BCUT2D eigenvalue weighted by Gasteiger charge is -2.02. The Kier molecular flexibility index (Phi) is 4.52. The fraction of sp³-hybridized carbons (Fsp3) is 0.0667. The standard InChI is InChI=1S/C15H10Cl3N3O/c16-10-3-1-9(2-4-10)5-14-20-21-15(22-14)19-13-7-11(17)6-12(18)8-13/h1-4,6-8H,5H2,(H,19,21). The Morgan fingerprint density at radius 2 is 1.55 bits per heavy atom. The lowest BCUT2D eigenvalue weighted by atomic mass is 10.1. The first-order valence-corrected chi connectivity index (χ1v) is 7.52. The van der Waals surface area contributed by atoms with E-state index in [1.807, 2.05) is 24.3 Å². The highest BCUT2D eigenvalue weighted by molar-refractivity contribution is 6.35. The van der Waals surface area contributed by atoms with Gasteiger partial charge in [0.25, 0.3) is 0 Å². The highest BCUT2D eigenvalue weighted by atomic mass is 35.5. The van der Waals surface area contributed by atoms with E-state index in [1.165, 1.54) is 0 Å². The van der Waals surface area contributed by atoms with Gasteiger partial charge in [-0.2, -0.15) is 0 Å². The lowest BCUT2D eigenvalue weighted by Crippen LogP contribution is -1.90. The van der Waals surface area contributed by atoms with Gasteiger partial charge in [-0.15, -0.1) is 5.10 Å². The van der Waals surface area contributed by atoms with Gasteiger partial charge < -0.3 is 9.73 Å². The Morgan fingerprint density at radius 1 is 0.864 bits per heavy atom. The zero-order valence-electron chi connectivity index (χ0n) is 11.2. The average Bonchev–Trinajstić information content (AvgIpc) is 2.87. The van der Waals surface area contributed by atoms with Gasteiger partial charge in [-0.05, 0) is 35.9 Å². The van der Waals surface area contributed by atoms with Gasteiger partial charge >= 0.3 is 6.01 Å². The molecule has 0 fully saturated rings. The largest absolute Gasteiger partial charge is 0.408 e. The number of aromatic nitrogens is 2. The van der Waals surface area contributed by atoms with Gasteiger partial charge in [-0.3, -0.25) is 0 Å². The van der Waals surface area contributed by atoms with Crippen LogP contribution in [0.3, 0.4) is 0 Å². The molecule has 0 radical (unpaired) electrons. The second-order valence-electron chi connectivity index (χ2n) is 4.59. The van der Waals surface area contributed by atoms with E-state index < -0.39 is 0 Å². The van der Waals surface area contributed by atoms with E-state index in [9.17, 15) is 0 Å². The number of nitrogens with one attached hydrogen (secondary N) is 1. The van der Waals surface area contributed by atoms with Crippen LogP contribution < -0.4 is 5.32 Å². The van der Waals surface area contributed by atoms with Crippen LogP contribution in [0.5, 0.6) is 0 Å². The topological polar surface area (TPSA) is 51.0 Å². The molecule has 0 unspecified atom stereocenters. The summed E-state index contributed by atoms with van der Waals surface area (Å²) in [5.41, 5.74) is 1.71. The number of hydrogen-bond donors (Lipinski definition) is 1. The predicted molar refractivity (Wildman–Crippen MR) is 88.3 cm³/mol. The van der Waals surface area contributed by atoms with Gasteiger partial charge in [0, 0.05) is 20.8 Å². The summed E-state index contributed by atoms with van der Waals surface area (Å²) in [6, 6.07) is 12.8. The minimum Gasteiger partial charge on any atom is -0.408 e. The lowest BCUT2D eigenvalue weighted by molar-refractivity contribution is 0.521. The summed E-state index contributed by atoms with van der Waals surface area (Å²) in [4.78, 5) is 0. The molecule has 3 rings (SSSR count). The first-order valence-electron chi connectivity index (χ1n) is 6.38. The van der Waals surface area contributed by atoms with Crippen LogP contribution in [0, 0.1) is 0 Å². The molecule has 4 nitrogen and oxygen atoms in total. The van der Waals surface area contributed by atoms with Crippen molar-refractivity contribution in [2.24, 2.45) is 0 Å². The number of anilines is 2. The monoisotopic (exact) mass is 353 g/mol. The van der Waals surface area contributed by atoms with Gasteiger partial charge in [0.2, 0.25) is 5.89 Å². The Morgan fingerprint density at radius 3 is 2.23 bits per heavy atom. The number of nitrogens with zero attached hydrogens (tertiary/aromatic N) is 2. The molecule has 0 amide bonds. The first-order chi connectivity index (χ1) is 10.6. The van der Waals surface area contributed by atoms with E-state index in [0.717, 1.165) is 5.56 Å². The fourth-order valence-electron chi connectivity index (χ4n) is 1.90. The van der Waals surface area contributed by atoms with E-state index in [4.69, 9.17) is 39.2 Å². The molecule has 0 saturated heterocycles. The molecule has 0 aliphatic heterocycles. The SMILES string of the molecule is Clc1ccc(Cc2nnc(Nc3cc(Cl)cc(Cl)c3)o2)cc1. The number of halogens is 3. The van der Waals surface area contributed by atoms with Crippen LogP contribution in [0.2, 0.25) is 15.1 Å². The molecule has 1 aromatic heterocycles. The maximum atomic E-state index is 5.94. The molecule has 0 saturated carbocycles. The predicted octanol–water partition coefficient (Wildman–Crippen LogP) is 5.36. The van der Waals surface area contributed by atoms with E-state index >= 15 is 0 Å². The van der Waals surface area contributed by atoms with Crippen LogP contribution >= 0.6 is 34.8 Å². The third-order valence-electron chi connectivity index (χ3n) is 2.85. The highest BCUT2D eigenvalue weighted by Crippen LogP contribution is 2.25. The van der Waals surface area contributed by atoms with E-state index in [1.54, 1.807) is 18.2 Å². The van der Waals surface area contributed by atoms with Crippen molar-refractivity contribution in [3.63, 3.8) is 0 Å². The second-order valence-corrected chi connectivity index (χ2v) is 5.90. The van der Waals surface area contributed by atoms with Crippen molar-refractivity contribution < 1.29 is 4.42 Å². The second kappa shape index (κ2) is 6.57. The molecule has 112 valence electrons. The van der Waals surface area contributed by atoms with Crippen LogP contribution in [-0.2, 0) is 6.42 Å². The molecular weight excluding hydrogens is 345 g/mol. The molecule has 0 atom stereocenters. The zero-order chi connectivity index (χ0) is 15.5. The van der Waals surface area contributed by atoms with Crippen molar-refractivity contribution >= 4 is 46.5 Å². The minimum atomic E-state index is 0.280. The summed E-state index contributed by atoms with van der Waals surface area (Å²) in [7, 11) is 0. The Labute approximate surface area is 142 Å². The molecule has 0 aliphatic carbocycles. The van der Waals surface area contributed by atoms with Crippen molar-refractivity contribution in [2.75, 3.05) is 5.32 Å². The molecule has 1 N–H and O–H groups in total. The van der Waals surface area contributed by atoms with Crippen molar-refractivity contribution in [3.05, 3.63) is 69.0 Å². The van der Waals surface area contributed by atoms with Gasteiger partial charge in [0.05, 0.1) is 6.42 Å². The van der Waals surface area contributed by atoms with Crippen molar-refractivity contribution in [1.82, 2.24) is 10.2 Å². The van der Waals surface area contributed by atoms with Crippen LogP contribution in [0.15, 0.2) is 46.9 Å². The third kappa shape index (κ3) is 3.91. The van der Waals surface area contributed by atoms with Gasteiger partial charge in [0.1, 0.15) is 0 Å². The minimum absolute atomic E-state index is 0.280. The van der Waals surface area contributed by atoms with Gasteiger partial charge in [-0.1, -0.05) is 52.0 Å². The molecular formula is C15H10Cl3N3O. The van der Waals surface area contributed by atoms with Gasteiger partial charge in [-0.25, -0.2) is 0 Å². The quantitative estimate of drug-likeness (QED) is 0.685. The number of benzene rings is 2. The summed E-state index contributed by atoms with van der Waals surface area (Å²) in [5.74, 6) is 0.498. The normalized spacial score (nSPS) is 10.7. The number of hydrogen-bond acceptors (Lipinski definition) is 4. The van der Waals surface area contributed by atoms with Crippen LogP contribution in [0.1, 0.15) is 11.5 Å². The summed E-state index contributed by atoms with van der Waals surface area (Å²) in [6.45, 7) is 0. The fourth-order valence-corrected chi connectivity index (χ4v) is 2.55. The van der Waals surface area contributed by atoms with E-state index in [2.05, 4.69) is 15.5 Å². The third-order valence-corrected chi connectivity index (χ3v) is 3.54. The molecule has 3 aromatic rings. The molecule has 0 spiro atoms. The molecule has 2 aromatic carbocycles. The Bertz CT molecular complexity index is 767. The molecule has 22 heavy (non-hydrogen) atoms. The maximum Gasteiger partial charge on any atom is 0.320 e.